The van der Waals surface area contributed by atoms with Crippen LogP contribution < -0.4 is 4.90 Å². The van der Waals surface area contributed by atoms with Gasteiger partial charge < -0.3 is 9.80 Å². The van der Waals surface area contributed by atoms with Crippen molar-refractivity contribution in [3.63, 3.8) is 0 Å². The number of anilines is 1. The van der Waals surface area contributed by atoms with Gasteiger partial charge in [0.25, 0.3) is 0 Å². The number of amides is 1. The topological polar surface area (TPSA) is 60.9 Å². The summed E-state index contributed by atoms with van der Waals surface area (Å²) < 4.78 is 28.3. The highest BCUT2D eigenvalue weighted by Crippen LogP contribution is 2.26. The third-order valence-corrected chi connectivity index (χ3v) is 8.90. The van der Waals surface area contributed by atoms with Crippen LogP contribution in [-0.2, 0) is 21.4 Å². The van der Waals surface area contributed by atoms with Crippen LogP contribution in [0.3, 0.4) is 0 Å². The molecular weight excluding hydrogens is 541 g/mol. The van der Waals surface area contributed by atoms with Crippen molar-refractivity contribution < 1.29 is 13.2 Å². The van der Waals surface area contributed by atoms with E-state index < -0.39 is 10.0 Å². The Morgan fingerprint density at radius 1 is 0.889 bits per heavy atom. The number of hydrogen-bond donors (Lipinski definition) is 0. The first kappa shape index (κ1) is 26.8. The summed E-state index contributed by atoms with van der Waals surface area (Å²) in [5.74, 6) is -0.253. The lowest BCUT2D eigenvalue weighted by molar-refractivity contribution is -0.131. The Morgan fingerprint density at radius 3 is 2.22 bits per heavy atom. The SMILES string of the molecule is Cc1ccc(S(=O)(=O)N(CC(=O)N2CCN(c3cccc(Cl)c3)CC2)Cc2ccc(Cl)c(Cl)c2)cc1. The first-order valence-corrected chi connectivity index (χ1v) is 14.0. The van der Waals surface area contributed by atoms with Gasteiger partial charge in [0.15, 0.2) is 0 Å². The molecular formula is C26H26Cl3N3O3S. The minimum absolute atomic E-state index is 0.0126. The molecule has 0 saturated carbocycles. The number of carbonyl (C=O) groups is 1. The zero-order chi connectivity index (χ0) is 25.9. The summed E-state index contributed by atoms with van der Waals surface area (Å²) in [4.78, 5) is 17.3. The van der Waals surface area contributed by atoms with Gasteiger partial charge in [0.05, 0.1) is 21.5 Å². The maximum Gasteiger partial charge on any atom is 0.243 e. The van der Waals surface area contributed by atoms with E-state index in [1.807, 2.05) is 31.2 Å². The van der Waals surface area contributed by atoms with Crippen LogP contribution in [-0.4, -0.2) is 56.3 Å². The lowest BCUT2D eigenvalue weighted by atomic mass is 10.2. The minimum Gasteiger partial charge on any atom is -0.368 e. The van der Waals surface area contributed by atoms with Crippen molar-refractivity contribution in [2.75, 3.05) is 37.6 Å². The number of halogens is 3. The molecule has 0 aromatic heterocycles. The van der Waals surface area contributed by atoms with E-state index >= 15 is 0 Å². The molecule has 3 aromatic carbocycles. The fourth-order valence-corrected chi connectivity index (χ4v) is 5.95. The highest BCUT2D eigenvalue weighted by atomic mass is 35.5. The molecule has 0 N–H and O–H groups in total. The van der Waals surface area contributed by atoms with Crippen molar-refractivity contribution in [2.45, 2.75) is 18.4 Å². The summed E-state index contributed by atoms with van der Waals surface area (Å²) in [6, 6.07) is 19.1. The highest BCUT2D eigenvalue weighted by molar-refractivity contribution is 7.89. The van der Waals surface area contributed by atoms with Gasteiger partial charge in [-0.15, -0.1) is 0 Å². The number of rotatable bonds is 7. The van der Waals surface area contributed by atoms with Crippen LogP contribution in [0, 0.1) is 6.92 Å². The van der Waals surface area contributed by atoms with Crippen molar-refractivity contribution in [1.29, 1.82) is 0 Å². The molecule has 4 rings (SSSR count). The number of carbonyl (C=O) groups excluding carboxylic acids is 1. The van der Waals surface area contributed by atoms with Crippen LogP contribution in [0.25, 0.3) is 0 Å². The van der Waals surface area contributed by atoms with Crippen molar-refractivity contribution in [3.8, 4) is 0 Å². The fraction of sp³-hybridized carbons (Fsp3) is 0.269. The number of sulfonamides is 1. The van der Waals surface area contributed by atoms with Gasteiger partial charge >= 0.3 is 0 Å². The average molecular weight is 567 g/mol. The van der Waals surface area contributed by atoms with E-state index in [1.165, 1.54) is 4.31 Å². The smallest absolute Gasteiger partial charge is 0.243 e. The normalized spacial score (nSPS) is 14.4. The number of piperazine rings is 1. The van der Waals surface area contributed by atoms with E-state index in [9.17, 15) is 13.2 Å². The molecule has 0 aliphatic carbocycles. The monoisotopic (exact) mass is 565 g/mol. The Morgan fingerprint density at radius 2 is 1.58 bits per heavy atom. The average Bonchev–Trinajstić information content (AvgIpc) is 2.86. The van der Waals surface area contributed by atoms with E-state index in [0.29, 0.717) is 46.8 Å². The molecule has 190 valence electrons. The molecule has 0 radical (unpaired) electrons. The van der Waals surface area contributed by atoms with E-state index in [2.05, 4.69) is 4.90 Å². The van der Waals surface area contributed by atoms with Crippen molar-refractivity contribution in [1.82, 2.24) is 9.21 Å². The predicted molar refractivity (Wildman–Crippen MR) is 145 cm³/mol. The molecule has 1 amide bonds. The third-order valence-electron chi connectivity index (χ3n) is 6.12. The van der Waals surface area contributed by atoms with Gasteiger partial charge in [-0.05, 0) is 55.0 Å². The maximum atomic E-state index is 13.6. The quantitative estimate of drug-likeness (QED) is 0.379. The number of aryl methyl sites for hydroxylation is 1. The second-order valence-electron chi connectivity index (χ2n) is 8.68. The summed E-state index contributed by atoms with van der Waals surface area (Å²) >= 11 is 18.3. The molecule has 36 heavy (non-hydrogen) atoms. The Balaban J connectivity index is 1.52. The van der Waals surface area contributed by atoms with Crippen LogP contribution in [0.15, 0.2) is 71.6 Å². The van der Waals surface area contributed by atoms with Gasteiger partial charge in [0, 0.05) is 43.4 Å². The zero-order valence-electron chi connectivity index (χ0n) is 19.7. The van der Waals surface area contributed by atoms with Crippen LogP contribution in [0.1, 0.15) is 11.1 Å². The van der Waals surface area contributed by atoms with Gasteiger partial charge in [-0.1, -0.05) is 64.6 Å². The van der Waals surface area contributed by atoms with Gasteiger partial charge in [0.2, 0.25) is 15.9 Å². The van der Waals surface area contributed by atoms with Crippen LogP contribution >= 0.6 is 34.8 Å². The Kier molecular flexibility index (Phi) is 8.48. The van der Waals surface area contributed by atoms with E-state index in [4.69, 9.17) is 34.8 Å². The Labute approximate surface area is 227 Å². The van der Waals surface area contributed by atoms with E-state index in [0.717, 1.165) is 11.3 Å². The standard InChI is InChI=1S/C26H26Cl3N3O3S/c1-19-5-8-23(9-6-19)36(34,35)32(17-20-7-10-24(28)25(29)15-20)18-26(33)31-13-11-30(12-14-31)22-4-2-3-21(27)16-22/h2-10,15-16H,11-14,17-18H2,1H3. The van der Waals surface area contributed by atoms with Crippen molar-refractivity contribution in [2.24, 2.45) is 0 Å². The van der Waals surface area contributed by atoms with E-state index in [-0.39, 0.29) is 23.9 Å². The molecule has 0 unspecified atom stereocenters. The molecule has 1 aliphatic heterocycles. The van der Waals surface area contributed by atoms with Gasteiger partial charge in [-0.2, -0.15) is 4.31 Å². The Bertz CT molecular complexity index is 1340. The molecule has 6 nitrogen and oxygen atoms in total. The first-order valence-electron chi connectivity index (χ1n) is 11.4. The molecule has 1 aliphatic rings. The van der Waals surface area contributed by atoms with Crippen LogP contribution in [0.2, 0.25) is 15.1 Å². The summed E-state index contributed by atoms with van der Waals surface area (Å²) in [6.45, 7) is 3.81. The number of benzene rings is 3. The molecule has 10 heteroatoms. The molecule has 1 saturated heterocycles. The van der Waals surface area contributed by atoms with Crippen molar-refractivity contribution >= 4 is 56.4 Å². The van der Waals surface area contributed by atoms with Crippen molar-refractivity contribution in [3.05, 3.63) is 92.9 Å². The van der Waals surface area contributed by atoms with Gasteiger partial charge in [-0.3, -0.25) is 4.79 Å². The molecule has 1 heterocycles. The first-order chi connectivity index (χ1) is 17.1. The second-order valence-corrected chi connectivity index (χ2v) is 11.9. The number of hydrogen-bond acceptors (Lipinski definition) is 4. The van der Waals surface area contributed by atoms with Crippen LogP contribution in [0.5, 0.6) is 0 Å². The molecule has 0 bridgehead atoms. The Hall–Kier alpha value is -2.29. The molecule has 3 aromatic rings. The summed E-state index contributed by atoms with van der Waals surface area (Å²) in [7, 11) is -3.95. The molecule has 0 spiro atoms. The lowest BCUT2D eigenvalue weighted by Gasteiger charge is -2.37. The van der Waals surface area contributed by atoms with Gasteiger partial charge in [-0.25, -0.2) is 8.42 Å². The zero-order valence-corrected chi connectivity index (χ0v) is 22.8. The summed E-state index contributed by atoms with van der Waals surface area (Å²) in [5.41, 5.74) is 2.58. The maximum absolute atomic E-state index is 13.6. The van der Waals surface area contributed by atoms with Crippen LogP contribution in [0.4, 0.5) is 5.69 Å². The van der Waals surface area contributed by atoms with E-state index in [1.54, 1.807) is 47.4 Å². The third kappa shape index (κ3) is 6.33. The minimum atomic E-state index is -3.95. The second kappa shape index (κ2) is 11.4. The summed E-state index contributed by atoms with van der Waals surface area (Å²) in [5, 5.41) is 1.36. The highest BCUT2D eigenvalue weighted by Gasteiger charge is 2.30. The lowest BCUT2D eigenvalue weighted by Crippen LogP contribution is -2.51. The predicted octanol–water partition coefficient (Wildman–Crippen LogP) is 5.49. The fourth-order valence-electron chi connectivity index (χ4n) is 4.06. The number of nitrogens with zero attached hydrogens (tertiary/aromatic N) is 3. The molecule has 1 fully saturated rings. The van der Waals surface area contributed by atoms with Gasteiger partial charge in [0.1, 0.15) is 0 Å². The largest absolute Gasteiger partial charge is 0.368 e. The molecule has 0 atom stereocenters. The summed E-state index contributed by atoms with van der Waals surface area (Å²) in [6.07, 6.45) is 0.